The Hall–Kier alpha value is 0.820. The van der Waals surface area contributed by atoms with E-state index in [-0.39, 0.29) is 10.7 Å². The normalized spacial score (nSPS) is 13.6. The predicted molar refractivity (Wildman–Crippen MR) is 42.2 cm³/mol. The van der Waals surface area contributed by atoms with Crippen LogP contribution in [0.2, 0.25) is 13.1 Å². The second kappa shape index (κ2) is 3.78. The van der Waals surface area contributed by atoms with E-state index in [2.05, 4.69) is 22.6 Å². The summed E-state index contributed by atoms with van der Waals surface area (Å²) in [5.74, 6) is 0. The molecule has 4 heteroatoms. The Morgan fingerprint density at radius 1 is 2.00 bits per heavy atom. The molecule has 1 nitrogen and oxygen atoms in total. The lowest BCUT2D eigenvalue weighted by atomic mass is 9.64. The Morgan fingerprint density at radius 3 is 2.43 bits per heavy atom. The zero-order chi connectivity index (χ0) is 5.86. The molecule has 0 aromatic heterocycles. The molecule has 0 fully saturated rings. The Labute approximate surface area is 59.5 Å². The molecule has 0 saturated heterocycles. The molecular formula is C3H7B2IO. The highest BCUT2D eigenvalue weighted by molar-refractivity contribution is 14.1. The van der Waals surface area contributed by atoms with E-state index in [9.17, 15) is 0 Å². The van der Waals surface area contributed by atoms with E-state index >= 15 is 0 Å². The third-order valence-electron chi connectivity index (χ3n) is 0.566. The van der Waals surface area contributed by atoms with E-state index in [0.29, 0.717) is 6.32 Å². The van der Waals surface area contributed by atoms with E-state index in [4.69, 9.17) is 12.9 Å². The van der Waals surface area contributed by atoms with E-state index in [1.807, 2.05) is 0 Å². The number of halogens is 1. The fraction of sp³-hybridized carbons (Fsp3) is 1.00. The van der Waals surface area contributed by atoms with Gasteiger partial charge < -0.3 is 5.02 Å². The van der Waals surface area contributed by atoms with Crippen LogP contribution in [0.3, 0.4) is 0 Å². The first kappa shape index (κ1) is 7.82. The van der Waals surface area contributed by atoms with Crippen LogP contribution in [0.5, 0.6) is 0 Å². The van der Waals surface area contributed by atoms with Gasteiger partial charge in [-0.3, -0.25) is 0 Å². The quantitative estimate of drug-likeness (QED) is 0.398. The maximum Gasteiger partial charge on any atom is 0.286 e. The van der Waals surface area contributed by atoms with Crippen LogP contribution >= 0.6 is 22.6 Å². The molecule has 1 N–H and O–H groups in total. The fourth-order valence-electron chi connectivity index (χ4n) is 0.326. The van der Waals surface area contributed by atoms with Gasteiger partial charge in [0.15, 0.2) is 0 Å². The van der Waals surface area contributed by atoms with E-state index < -0.39 is 0 Å². The smallest absolute Gasteiger partial charge is 0.286 e. The number of hydrogen-bond donors (Lipinski definition) is 1. The molecule has 0 bridgehead atoms. The highest BCUT2D eigenvalue weighted by atomic mass is 127. The number of alkyl halides is 1. The summed E-state index contributed by atoms with van der Waals surface area (Å²) in [4.78, 5) is 0. The van der Waals surface area contributed by atoms with Crippen molar-refractivity contribution in [2.45, 2.75) is 17.0 Å². The molecule has 0 aromatic rings. The average molecular weight is 208 g/mol. The van der Waals surface area contributed by atoms with E-state index in [0.717, 1.165) is 0 Å². The molecule has 0 heterocycles. The molecular weight excluding hydrogens is 201 g/mol. The van der Waals surface area contributed by atoms with Crippen molar-refractivity contribution in [3.05, 3.63) is 0 Å². The molecule has 2 radical (unpaired) electrons. The summed E-state index contributed by atoms with van der Waals surface area (Å²) < 4.78 is 0.0950. The summed E-state index contributed by atoms with van der Waals surface area (Å²) in [6, 6.07) is 0. The first-order valence-corrected chi connectivity index (χ1v) is 3.45. The third-order valence-corrected chi connectivity index (χ3v) is 1.07. The van der Waals surface area contributed by atoms with Crippen LogP contribution in [-0.2, 0) is 0 Å². The van der Waals surface area contributed by atoms with Gasteiger partial charge in [-0.15, -0.1) is 0 Å². The maximum atomic E-state index is 8.64. The number of hydrogen-bond acceptors (Lipinski definition) is 1. The van der Waals surface area contributed by atoms with Crippen LogP contribution in [0.4, 0.5) is 0 Å². The average Bonchev–Trinajstić information content (AvgIpc) is 1.27. The molecule has 0 spiro atoms. The summed E-state index contributed by atoms with van der Waals surface area (Å²) in [7, 11) is 5.32. The second-order valence-corrected chi connectivity index (χ2v) is 3.20. The highest BCUT2D eigenvalue weighted by Crippen LogP contribution is 2.02. The van der Waals surface area contributed by atoms with Gasteiger partial charge in [-0.2, -0.15) is 0 Å². The molecule has 0 amide bonds. The van der Waals surface area contributed by atoms with Gasteiger partial charge >= 0.3 is 0 Å². The van der Waals surface area contributed by atoms with Crippen LogP contribution < -0.4 is 0 Å². The minimum absolute atomic E-state index is 0.0950. The second-order valence-electron chi connectivity index (χ2n) is 1.60. The lowest BCUT2D eigenvalue weighted by Crippen LogP contribution is -2.11. The molecule has 1 atom stereocenters. The Kier molecular flexibility index (Phi) is 4.22. The first-order valence-electron chi connectivity index (χ1n) is 2.20. The van der Waals surface area contributed by atoms with Crippen LogP contribution in [0.1, 0.15) is 0 Å². The molecule has 0 rings (SSSR count). The number of rotatable bonds is 2. The van der Waals surface area contributed by atoms with Gasteiger partial charge in [-0.05, 0) is 10.1 Å². The lowest BCUT2D eigenvalue weighted by molar-refractivity contribution is 0.579. The molecule has 0 aliphatic heterocycles. The third kappa shape index (κ3) is 6.82. The van der Waals surface area contributed by atoms with Crippen LogP contribution in [0.25, 0.3) is 0 Å². The van der Waals surface area contributed by atoms with Crippen LogP contribution in [0.15, 0.2) is 0 Å². The molecule has 0 saturated carbocycles. The van der Waals surface area contributed by atoms with Crippen LogP contribution in [0, 0.1) is 0 Å². The van der Waals surface area contributed by atoms with Crippen molar-refractivity contribution in [3.63, 3.8) is 0 Å². The van der Waals surface area contributed by atoms with E-state index in [1.54, 1.807) is 6.82 Å². The fourth-order valence-corrected chi connectivity index (χ4v) is 1.06. The van der Waals surface area contributed by atoms with Gasteiger partial charge in [0.05, 0.1) is 7.85 Å². The topological polar surface area (TPSA) is 20.2 Å². The SMILES string of the molecule is [B]C(I)CB(C)O. The first-order chi connectivity index (χ1) is 3.13. The maximum absolute atomic E-state index is 8.64. The monoisotopic (exact) mass is 208 g/mol. The minimum atomic E-state index is -0.258. The Balaban J connectivity index is 2.95. The molecule has 1 unspecified atom stereocenters. The summed E-state index contributed by atoms with van der Waals surface area (Å²) in [5.41, 5.74) is 0. The van der Waals surface area contributed by atoms with Crippen molar-refractivity contribution < 1.29 is 5.02 Å². The summed E-state index contributed by atoms with van der Waals surface area (Å²) in [6.07, 6.45) is 0.681. The highest BCUT2D eigenvalue weighted by Gasteiger charge is 2.04. The molecule has 7 heavy (non-hydrogen) atoms. The van der Waals surface area contributed by atoms with Gasteiger partial charge in [0.25, 0.3) is 6.92 Å². The van der Waals surface area contributed by atoms with Gasteiger partial charge in [0, 0.05) is 0 Å². The predicted octanol–water partition coefficient (Wildman–Crippen LogP) is 0.530. The standard InChI is InChI=1S/C3H7B2IO/c1-5(7)2-3(4)6/h3,7H,2H2,1H3. The van der Waals surface area contributed by atoms with Crippen molar-refractivity contribution in [2.24, 2.45) is 0 Å². The van der Waals surface area contributed by atoms with Crippen LogP contribution in [-0.4, -0.2) is 23.6 Å². The zero-order valence-electron chi connectivity index (χ0n) is 4.26. The molecule has 0 aromatic carbocycles. The Bertz CT molecular complexity index is 42.2. The molecule has 0 aliphatic rings. The molecule has 38 valence electrons. The summed E-state index contributed by atoms with van der Waals surface area (Å²) in [5, 5.41) is 8.64. The van der Waals surface area contributed by atoms with Gasteiger partial charge in [0.2, 0.25) is 0 Å². The molecule has 0 aliphatic carbocycles. The summed E-state index contributed by atoms with van der Waals surface area (Å²) in [6.45, 7) is 1.48. The van der Waals surface area contributed by atoms with Crippen molar-refractivity contribution in [1.82, 2.24) is 0 Å². The van der Waals surface area contributed by atoms with E-state index in [1.165, 1.54) is 0 Å². The van der Waals surface area contributed by atoms with Gasteiger partial charge in [0.1, 0.15) is 0 Å². The Morgan fingerprint density at radius 2 is 2.43 bits per heavy atom. The lowest BCUT2D eigenvalue weighted by Gasteiger charge is -1.99. The van der Waals surface area contributed by atoms with Crippen molar-refractivity contribution in [3.8, 4) is 0 Å². The van der Waals surface area contributed by atoms with Crippen molar-refractivity contribution in [1.29, 1.82) is 0 Å². The summed E-state index contributed by atoms with van der Waals surface area (Å²) >= 11 is 2.08. The van der Waals surface area contributed by atoms with Gasteiger partial charge in [-0.1, -0.05) is 29.4 Å². The van der Waals surface area contributed by atoms with Crippen molar-refractivity contribution in [2.75, 3.05) is 0 Å². The largest absolute Gasteiger partial charge is 0.451 e. The zero-order valence-corrected chi connectivity index (χ0v) is 6.42. The van der Waals surface area contributed by atoms with Crippen molar-refractivity contribution >= 4 is 37.4 Å². The van der Waals surface area contributed by atoms with Gasteiger partial charge in [-0.25, -0.2) is 0 Å². The minimum Gasteiger partial charge on any atom is -0.451 e.